The van der Waals surface area contributed by atoms with E-state index in [1.54, 1.807) is 24.0 Å². The number of carbonyl (C=O) groups is 1. The van der Waals surface area contributed by atoms with E-state index in [1.165, 1.54) is 0 Å². The zero-order chi connectivity index (χ0) is 13.9. The van der Waals surface area contributed by atoms with Gasteiger partial charge in [-0.25, -0.2) is 0 Å². The number of benzene rings is 1. The minimum Gasteiger partial charge on any atom is -0.378 e. The van der Waals surface area contributed by atoms with Gasteiger partial charge in [0.1, 0.15) is 0 Å². The maximum absolute atomic E-state index is 12.3. The molecule has 0 bridgehead atoms. The fraction of sp³-hybridized carbons (Fsp3) is 0.357. The van der Waals surface area contributed by atoms with Crippen LogP contribution < -0.4 is 0 Å². The second-order valence-corrected chi connectivity index (χ2v) is 4.63. The number of nitrogens with zero attached hydrogens (tertiary/aromatic N) is 3. The molecule has 1 aliphatic rings. The summed E-state index contributed by atoms with van der Waals surface area (Å²) in [5.41, 5.74) is 1.47. The van der Waals surface area contributed by atoms with Gasteiger partial charge in [-0.2, -0.15) is 4.98 Å². The van der Waals surface area contributed by atoms with Gasteiger partial charge in [0.25, 0.3) is 11.8 Å². The molecule has 1 saturated heterocycles. The SMILES string of the molecule is Cc1noc(-c2ccc(C(=O)N3CCOCC3)cc2)n1. The van der Waals surface area contributed by atoms with Gasteiger partial charge in [-0.1, -0.05) is 5.16 Å². The summed E-state index contributed by atoms with van der Waals surface area (Å²) in [4.78, 5) is 18.2. The van der Waals surface area contributed by atoms with E-state index in [2.05, 4.69) is 10.1 Å². The van der Waals surface area contributed by atoms with E-state index >= 15 is 0 Å². The van der Waals surface area contributed by atoms with E-state index in [0.717, 1.165) is 5.56 Å². The molecule has 1 amide bonds. The van der Waals surface area contributed by atoms with Crippen LogP contribution in [-0.2, 0) is 4.74 Å². The third kappa shape index (κ3) is 2.55. The highest BCUT2D eigenvalue weighted by molar-refractivity contribution is 5.94. The van der Waals surface area contributed by atoms with Gasteiger partial charge < -0.3 is 14.2 Å². The van der Waals surface area contributed by atoms with Gasteiger partial charge in [-0.3, -0.25) is 4.79 Å². The summed E-state index contributed by atoms with van der Waals surface area (Å²) in [5.74, 6) is 1.09. The third-order valence-corrected chi connectivity index (χ3v) is 3.20. The molecule has 0 radical (unpaired) electrons. The summed E-state index contributed by atoms with van der Waals surface area (Å²) >= 11 is 0. The minimum atomic E-state index is 0.0292. The van der Waals surface area contributed by atoms with Crippen molar-refractivity contribution in [2.24, 2.45) is 0 Å². The van der Waals surface area contributed by atoms with E-state index in [4.69, 9.17) is 9.26 Å². The van der Waals surface area contributed by atoms with Crippen LogP contribution in [0.25, 0.3) is 11.5 Å². The molecule has 20 heavy (non-hydrogen) atoms. The fourth-order valence-electron chi connectivity index (χ4n) is 2.12. The number of amides is 1. The Bertz CT molecular complexity index is 600. The predicted octanol–water partition coefficient (Wildman–Crippen LogP) is 1.52. The third-order valence-electron chi connectivity index (χ3n) is 3.20. The predicted molar refractivity (Wildman–Crippen MR) is 71.2 cm³/mol. The number of ether oxygens (including phenoxy) is 1. The van der Waals surface area contributed by atoms with E-state index in [0.29, 0.717) is 43.6 Å². The molecule has 0 atom stereocenters. The van der Waals surface area contributed by atoms with Crippen molar-refractivity contribution in [3.05, 3.63) is 35.7 Å². The molecule has 0 aliphatic carbocycles. The van der Waals surface area contributed by atoms with Gasteiger partial charge in [0.05, 0.1) is 13.2 Å². The van der Waals surface area contributed by atoms with Crippen molar-refractivity contribution in [3.8, 4) is 11.5 Å². The molecular weight excluding hydrogens is 258 g/mol. The molecule has 0 N–H and O–H groups in total. The summed E-state index contributed by atoms with van der Waals surface area (Å²) in [7, 11) is 0. The van der Waals surface area contributed by atoms with Crippen molar-refractivity contribution in [1.29, 1.82) is 0 Å². The zero-order valence-corrected chi connectivity index (χ0v) is 11.2. The van der Waals surface area contributed by atoms with Gasteiger partial charge in [0.15, 0.2) is 5.82 Å². The average molecular weight is 273 g/mol. The Morgan fingerprint density at radius 3 is 2.50 bits per heavy atom. The largest absolute Gasteiger partial charge is 0.378 e. The van der Waals surface area contributed by atoms with Crippen LogP contribution >= 0.6 is 0 Å². The molecule has 2 aromatic rings. The van der Waals surface area contributed by atoms with Crippen LogP contribution in [-0.4, -0.2) is 47.3 Å². The molecule has 6 heteroatoms. The van der Waals surface area contributed by atoms with E-state index in [9.17, 15) is 4.79 Å². The fourth-order valence-corrected chi connectivity index (χ4v) is 2.12. The van der Waals surface area contributed by atoms with Gasteiger partial charge in [-0.05, 0) is 31.2 Å². The number of hydrogen-bond donors (Lipinski definition) is 0. The van der Waals surface area contributed by atoms with Gasteiger partial charge in [-0.15, -0.1) is 0 Å². The first-order valence-corrected chi connectivity index (χ1v) is 6.52. The van der Waals surface area contributed by atoms with Crippen molar-refractivity contribution in [1.82, 2.24) is 15.0 Å². The normalized spacial score (nSPS) is 15.3. The number of hydrogen-bond acceptors (Lipinski definition) is 5. The van der Waals surface area contributed by atoms with Gasteiger partial charge in [0, 0.05) is 24.2 Å². The van der Waals surface area contributed by atoms with Crippen molar-refractivity contribution >= 4 is 5.91 Å². The Hall–Kier alpha value is -2.21. The Labute approximate surface area is 116 Å². The number of aryl methyl sites for hydroxylation is 1. The molecule has 1 fully saturated rings. The zero-order valence-electron chi connectivity index (χ0n) is 11.2. The summed E-state index contributed by atoms with van der Waals surface area (Å²) in [6.07, 6.45) is 0. The highest BCUT2D eigenvalue weighted by atomic mass is 16.5. The van der Waals surface area contributed by atoms with Crippen molar-refractivity contribution in [3.63, 3.8) is 0 Å². The smallest absolute Gasteiger partial charge is 0.257 e. The van der Waals surface area contributed by atoms with Crippen molar-refractivity contribution < 1.29 is 14.1 Å². The Morgan fingerprint density at radius 1 is 1.20 bits per heavy atom. The van der Waals surface area contributed by atoms with Crippen molar-refractivity contribution in [2.75, 3.05) is 26.3 Å². The standard InChI is InChI=1S/C14H15N3O3/c1-10-15-13(20-16-10)11-2-4-12(5-3-11)14(18)17-6-8-19-9-7-17/h2-5H,6-9H2,1H3. The molecule has 0 unspecified atom stereocenters. The molecule has 0 spiro atoms. The topological polar surface area (TPSA) is 68.5 Å². The Balaban J connectivity index is 1.77. The quantitative estimate of drug-likeness (QED) is 0.829. The van der Waals surface area contributed by atoms with Crippen molar-refractivity contribution in [2.45, 2.75) is 6.92 Å². The van der Waals surface area contributed by atoms with E-state index < -0.39 is 0 Å². The first-order valence-electron chi connectivity index (χ1n) is 6.52. The molecule has 6 nitrogen and oxygen atoms in total. The molecule has 104 valence electrons. The van der Waals surface area contributed by atoms with Crippen LogP contribution in [0.15, 0.2) is 28.8 Å². The lowest BCUT2D eigenvalue weighted by atomic mass is 10.1. The van der Waals surface area contributed by atoms with Crippen LogP contribution in [0.5, 0.6) is 0 Å². The van der Waals surface area contributed by atoms with Crippen LogP contribution in [0, 0.1) is 6.92 Å². The van der Waals surface area contributed by atoms with Crippen LogP contribution in [0.2, 0.25) is 0 Å². The van der Waals surface area contributed by atoms with Gasteiger partial charge in [0.2, 0.25) is 0 Å². The average Bonchev–Trinajstić information content (AvgIpc) is 2.94. The van der Waals surface area contributed by atoms with E-state index in [1.807, 2.05) is 12.1 Å². The molecule has 0 saturated carbocycles. The van der Waals surface area contributed by atoms with Gasteiger partial charge >= 0.3 is 0 Å². The second-order valence-electron chi connectivity index (χ2n) is 4.63. The number of rotatable bonds is 2. The van der Waals surface area contributed by atoms with E-state index in [-0.39, 0.29) is 5.91 Å². The highest BCUT2D eigenvalue weighted by Gasteiger charge is 2.18. The maximum Gasteiger partial charge on any atom is 0.257 e. The summed E-state index contributed by atoms with van der Waals surface area (Å²) in [5, 5.41) is 3.75. The molecule has 1 aromatic carbocycles. The second kappa shape index (κ2) is 5.42. The Morgan fingerprint density at radius 2 is 1.90 bits per heavy atom. The van der Waals surface area contributed by atoms with Crippen LogP contribution in [0.3, 0.4) is 0 Å². The Kier molecular flexibility index (Phi) is 3.47. The molecule has 1 aromatic heterocycles. The lowest BCUT2D eigenvalue weighted by Gasteiger charge is -2.26. The maximum atomic E-state index is 12.3. The summed E-state index contributed by atoms with van der Waals surface area (Å²) in [6, 6.07) is 7.21. The molecule has 3 rings (SSSR count). The number of aromatic nitrogens is 2. The highest BCUT2D eigenvalue weighted by Crippen LogP contribution is 2.18. The van der Waals surface area contributed by atoms with Crippen LogP contribution in [0.1, 0.15) is 16.2 Å². The molecular formula is C14H15N3O3. The number of morpholine rings is 1. The summed E-state index contributed by atoms with van der Waals surface area (Å²) in [6.45, 7) is 4.26. The monoisotopic (exact) mass is 273 g/mol. The molecule has 2 heterocycles. The minimum absolute atomic E-state index is 0.0292. The summed E-state index contributed by atoms with van der Waals surface area (Å²) < 4.78 is 10.3. The first-order chi connectivity index (χ1) is 9.74. The molecule has 1 aliphatic heterocycles. The van der Waals surface area contributed by atoms with Crippen LogP contribution in [0.4, 0.5) is 0 Å². The number of carbonyl (C=O) groups excluding carboxylic acids is 1. The lowest BCUT2D eigenvalue weighted by Crippen LogP contribution is -2.40. The first kappa shape index (κ1) is 12.8. The lowest BCUT2D eigenvalue weighted by molar-refractivity contribution is 0.0303.